The van der Waals surface area contributed by atoms with Crippen LogP contribution >= 0.6 is 0 Å². The van der Waals surface area contributed by atoms with Gasteiger partial charge in [-0.15, -0.1) is 0 Å². The first-order valence-corrected chi connectivity index (χ1v) is 5.36. The molecule has 0 bridgehead atoms. The molecule has 0 saturated carbocycles. The van der Waals surface area contributed by atoms with Crippen LogP contribution in [0, 0.1) is 6.92 Å². The lowest BCUT2D eigenvalue weighted by Gasteiger charge is -2.20. The summed E-state index contributed by atoms with van der Waals surface area (Å²) in [5.41, 5.74) is 2.64. The first kappa shape index (κ1) is 11.3. The van der Waals surface area contributed by atoms with E-state index >= 15 is 0 Å². The van der Waals surface area contributed by atoms with Crippen LogP contribution in [0.25, 0.3) is 0 Å². The van der Waals surface area contributed by atoms with Gasteiger partial charge in [0.25, 0.3) is 0 Å². The van der Waals surface area contributed by atoms with E-state index in [1.54, 1.807) is 0 Å². The third kappa shape index (κ3) is 2.85. The van der Waals surface area contributed by atoms with E-state index in [2.05, 4.69) is 52.0 Å². The molecule has 0 spiro atoms. The van der Waals surface area contributed by atoms with Crippen molar-refractivity contribution in [2.24, 2.45) is 0 Å². The van der Waals surface area contributed by atoms with Crippen molar-refractivity contribution in [2.75, 3.05) is 0 Å². The average molecular weight is 192 g/mol. The average Bonchev–Trinajstić information content (AvgIpc) is 2.15. The lowest BCUT2D eigenvalue weighted by Crippen LogP contribution is -2.10. The first-order chi connectivity index (χ1) is 6.65. The molecule has 0 saturated heterocycles. The summed E-state index contributed by atoms with van der Waals surface area (Å²) in [6.07, 6.45) is 1.57. The topological polar surface area (TPSA) is 9.23 Å². The minimum atomic E-state index is 0.246. The molecule has 1 heteroatoms. The summed E-state index contributed by atoms with van der Waals surface area (Å²) in [6.45, 7) is 8.48. The van der Waals surface area contributed by atoms with Gasteiger partial charge in [-0.25, -0.2) is 0 Å². The van der Waals surface area contributed by atoms with Gasteiger partial charge in [-0.2, -0.15) is 0 Å². The molecule has 0 aliphatic carbocycles. The SMILES string of the molecule is CCC(OC(C)C)c1ccccc1C. The number of aryl methyl sites for hydroxylation is 1. The molecule has 78 valence electrons. The Morgan fingerprint density at radius 2 is 1.86 bits per heavy atom. The fourth-order valence-corrected chi connectivity index (χ4v) is 1.67. The van der Waals surface area contributed by atoms with Gasteiger partial charge < -0.3 is 4.74 Å². The standard InChI is InChI=1S/C13H20O/c1-5-13(14-10(2)3)12-9-7-6-8-11(12)4/h6-10,13H,5H2,1-4H3. The van der Waals surface area contributed by atoms with E-state index in [-0.39, 0.29) is 6.10 Å². The van der Waals surface area contributed by atoms with Crippen molar-refractivity contribution in [3.63, 3.8) is 0 Å². The van der Waals surface area contributed by atoms with Crippen molar-refractivity contribution in [3.05, 3.63) is 35.4 Å². The zero-order valence-corrected chi connectivity index (χ0v) is 9.58. The molecule has 0 N–H and O–H groups in total. The van der Waals surface area contributed by atoms with Gasteiger partial charge in [-0.3, -0.25) is 0 Å². The van der Waals surface area contributed by atoms with Gasteiger partial charge in [0.05, 0.1) is 12.2 Å². The zero-order valence-electron chi connectivity index (χ0n) is 9.58. The van der Waals surface area contributed by atoms with Crippen LogP contribution in [-0.4, -0.2) is 6.10 Å². The van der Waals surface area contributed by atoms with E-state index in [1.165, 1.54) is 11.1 Å². The second-order valence-corrected chi connectivity index (χ2v) is 3.94. The van der Waals surface area contributed by atoms with Gasteiger partial charge in [0.15, 0.2) is 0 Å². The predicted molar refractivity (Wildman–Crippen MR) is 60.4 cm³/mol. The van der Waals surface area contributed by atoms with E-state index in [0.29, 0.717) is 6.10 Å². The van der Waals surface area contributed by atoms with Gasteiger partial charge in [-0.05, 0) is 38.3 Å². The molecule has 0 aliphatic rings. The Balaban J connectivity index is 2.83. The van der Waals surface area contributed by atoms with Gasteiger partial charge in [-0.1, -0.05) is 31.2 Å². The van der Waals surface area contributed by atoms with Crippen LogP contribution in [0.2, 0.25) is 0 Å². The second kappa shape index (κ2) is 5.16. The number of rotatable bonds is 4. The maximum Gasteiger partial charge on any atom is 0.0828 e. The molecule has 14 heavy (non-hydrogen) atoms. The molecule has 0 radical (unpaired) electrons. The van der Waals surface area contributed by atoms with Crippen molar-refractivity contribution in [1.29, 1.82) is 0 Å². The number of hydrogen-bond donors (Lipinski definition) is 0. The van der Waals surface area contributed by atoms with Crippen LogP contribution in [-0.2, 0) is 4.74 Å². The Labute approximate surface area is 87.1 Å². The maximum atomic E-state index is 5.87. The van der Waals surface area contributed by atoms with E-state index < -0.39 is 0 Å². The summed E-state index contributed by atoms with van der Waals surface area (Å²) in [6, 6.07) is 8.45. The Morgan fingerprint density at radius 1 is 1.21 bits per heavy atom. The molecular formula is C13H20O. The summed E-state index contributed by atoms with van der Waals surface area (Å²) < 4.78 is 5.87. The van der Waals surface area contributed by atoms with E-state index in [9.17, 15) is 0 Å². The van der Waals surface area contributed by atoms with Crippen molar-refractivity contribution in [3.8, 4) is 0 Å². The minimum absolute atomic E-state index is 0.246. The zero-order chi connectivity index (χ0) is 10.6. The highest BCUT2D eigenvalue weighted by molar-refractivity contribution is 5.27. The number of hydrogen-bond acceptors (Lipinski definition) is 1. The van der Waals surface area contributed by atoms with Crippen LogP contribution in [0.3, 0.4) is 0 Å². The van der Waals surface area contributed by atoms with Crippen LogP contribution in [0.5, 0.6) is 0 Å². The predicted octanol–water partition coefficient (Wildman–Crippen LogP) is 3.87. The highest BCUT2D eigenvalue weighted by atomic mass is 16.5. The highest BCUT2D eigenvalue weighted by Gasteiger charge is 2.12. The second-order valence-electron chi connectivity index (χ2n) is 3.94. The monoisotopic (exact) mass is 192 g/mol. The summed E-state index contributed by atoms with van der Waals surface area (Å²) in [5, 5.41) is 0. The van der Waals surface area contributed by atoms with Crippen molar-refractivity contribution >= 4 is 0 Å². The molecule has 1 nitrogen and oxygen atoms in total. The molecule has 0 fully saturated rings. The quantitative estimate of drug-likeness (QED) is 0.703. The van der Waals surface area contributed by atoms with Gasteiger partial charge in [0.1, 0.15) is 0 Å². The fourth-order valence-electron chi connectivity index (χ4n) is 1.67. The molecule has 1 atom stereocenters. The fraction of sp³-hybridized carbons (Fsp3) is 0.538. The lowest BCUT2D eigenvalue weighted by atomic mass is 10.0. The van der Waals surface area contributed by atoms with Crippen LogP contribution < -0.4 is 0 Å². The summed E-state index contributed by atoms with van der Waals surface area (Å²) >= 11 is 0. The van der Waals surface area contributed by atoms with Gasteiger partial charge >= 0.3 is 0 Å². The minimum Gasteiger partial charge on any atom is -0.371 e. The maximum absolute atomic E-state index is 5.87. The lowest BCUT2D eigenvalue weighted by molar-refractivity contribution is 0.00415. The third-order valence-corrected chi connectivity index (χ3v) is 2.34. The molecule has 0 aliphatic heterocycles. The molecular weight excluding hydrogens is 172 g/mol. The number of ether oxygens (including phenoxy) is 1. The van der Waals surface area contributed by atoms with Crippen molar-refractivity contribution in [1.82, 2.24) is 0 Å². The molecule has 1 unspecified atom stereocenters. The van der Waals surface area contributed by atoms with Crippen LogP contribution in [0.15, 0.2) is 24.3 Å². The van der Waals surface area contributed by atoms with Crippen LogP contribution in [0.4, 0.5) is 0 Å². The van der Waals surface area contributed by atoms with Crippen molar-refractivity contribution in [2.45, 2.75) is 46.3 Å². The molecule has 1 aromatic carbocycles. The van der Waals surface area contributed by atoms with Gasteiger partial charge in [0.2, 0.25) is 0 Å². The summed E-state index contributed by atoms with van der Waals surface area (Å²) in [5.74, 6) is 0. The van der Waals surface area contributed by atoms with Gasteiger partial charge in [0, 0.05) is 0 Å². The molecule has 1 rings (SSSR count). The Bertz CT molecular complexity index is 278. The Hall–Kier alpha value is -0.820. The third-order valence-electron chi connectivity index (χ3n) is 2.34. The van der Waals surface area contributed by atoms with Crippen molar-refractivity contribution < 1.29 is 4.74 Å². The normalized spacial score (nSPS) is 13.2. The van der Waals surface area contributed by atoms with E-state index in [4.69, 9.17) is 4.74 Å². The smallest absolute Gasteiger partial charge is 0.0828 e. The molecule has 0 aromatic heterocycles. The Morgan fingerprint density at radius 3 is 2.36 bits per heavy atom. The highest BCUT2D eigenvalue weighted by Crippen LogP contribution is 2.25. The summed E-state index contributed by atoms with van der Waals surface area (Å²) in [4.78, 5) is 0. The van der Waals surface area contributed by atoms with E-state index in [0.717, 1.165) is 6.42 Å². The van der Waals surface area contributed by atoms with E-state index in [1.807, 2.05) is 0 Å². The largest absolute Gasteiger partial charge is 0.371 e. The first-order valence-electron chi connectivity index (χ1n) is 5.36. The summed E-state index contributed by atoms with van der Waals surface area (Å²) in [7, 11) is 0. The molecule has 0 heterocycles. The number of benzene rings is 1. The Kier molecular flexibility index (Phi) is 4.15. The molecule has 1 aromatic rings. The molecule has 0 amide bonds. The van der Waals surface area contributed by atoms with Crippen LogP contribution in [0.1, 0.15) is 44.4 Å².